The highest BCUT2D eigenvalue weighted by atomic mass is 16.7. The quantitative estimate of drug-likeness (QED) is 0.725. The van der Waals surface area contributed by atoms with Gasteiger partial charge in [-0.1, -0.05) is 6.08 Å². The predicted octanol–water partition coefficient (Wildman–Crippen LogP) is 2.43. The van der Waals surface area contributed by atoms with Crippen LogP contribution in [0.4, 0.5) is 0 Å². The molecule has 0 amide bonds. The number of ether oxygens (including phenoxy) is 3. The maximum Gasteiger partial charge on any atom is 0.231 e. The fourth-order valence-corrected chi connectivity index (χ4v) is 1.98. The summed E-state index contributed by atoms with van der Waals surface area (Å²) in [6.45, 7) is 5.83. The van der Waals surface area contributed by atoms with Crippen molar-refractivity contribution in [3.8, 4) is 17.2 Å². The zero-order valence-electron chi connectivity index (χ0n) is 10.9. The van der Waals surface area contributed by atoms with Crippen LogP contribution in [0.5, 0.6) is 17.2 Å². The van der Waals surface area contributed by atoms with E-state index in [0.717, 1.165) is 36.6 Å². The molecule has 0 aromatic heterocycles. The molecule has 0 aliphatic carbocycles. The van der Waals surface area contributed by atoms with E-state index >= 15 is 0 Å². The van der Waals surface area contributed by atoms with E-state index in [1.165, 1.54) is 0 Å². The summed E-state index contributed by atoms with van der Waals surface area (Å²) in [4.78, 5) is 2.23. The first-order valence-electron chi connectivity index (χ1n) is 6.00. The number of rotatable bonds is 6. The molecule has 1 aromatic rings. The van der Waals surface area contributed by atoms with Gasteiger partial charge in [-0.15, -0.1) is 6.58 Å². The lowest BCUT2D eigenvalue weighted by atomic mass is 10.1. The maximum absolute atomic E-state index is 5.41. The number of fused-ring (bicyclic) bond motifs is 1. The van der Waals surface area contributed by atoms with E-state index in [-0.39, 0.29) is 6.79 Å². The molecule has 18 heavy (non-hydrogen) atoms. The molecule has 1 aliphatic heterocycles. The Morgan fingerprint density at radius 2 is 2.28 bits per heavy atom. The second kappa shape index (κ2) is 5.78. The molecule has 0 N–H and O–H groups in total. The van der Waals surface area contributed by atoms with E-state index in [2.05, 4.69) is 18.5 Å². The number of hydrogen-bond donors (Lipinski definition) is 0. The molecule has 98 valence electrons. The number of benzene rings is 1. The van der Waals surface area contributed by atoms with Gasteiger partial charge in [0.2, 0.25) is 12.5 Å². The van der Waals surface area contributed by atoms with E-state index in [4.69, 9.17) is 14.2 Å². The smallest absolute Gasteiger partial charge is 0.231 e. The molecular weight excluding hydrogens is 230 g/mol. The molecule has 4 nitrogen and oxygen atoms in total. The van der Waals surface area contributed by atoms with Crippen molar-refractivity contribution in [2.75, 3.05) is 27.5 Å². The average Bonchev–Trinajstić information content (AvgIpc) is 2.83. The highest BCUT2D eigenvalue weighted by Gasteiger charge is 2.20. The summed E-state index contributed by atoms with van der Waals surface area (Å²) in [5.41, 5.74) is 1.16. The largest absolute Gasteiger partial charge is 0.493 e. The van der Waals surface area contributed by atoms with Crippen LogP contribution in [0, 0.1) is 0 Å². The van der Waals surface area contributed by atoms with Gasteiger partial charge < -0.3 is 19.1 Å². The molecule has 1 heterocycles. The number of nitrogens with zero attached hydrogens (tertiary/aromatic N) is 1. The summed E-state index contributed by atoms with van der Waals surface area (Å²) in [5.74, 6) is 2.20. The molecule has 0 radical (unpaired) electrons. The number of hydrogen-bond acceptors (Lipinski definition) is 4. The molecule has 0 unspecified atom stereocenters. The van der Waals surface area contributed by atoms with Crippen molar-refractivity contribution < 1.29 is 14.2 Å². The minimum absolute atomic E-state index is 0.265. The summed E-state index contributed by atoms with van der Waals surface area (Å²) in [6, 6.07) is 4.01. The Morgan fingerprint density at radius 3 is 3.00 bits per heavy atom. The van der Waals surface area contributed by atoms with Crippen LogP contribution >= 0.6 is 0 Å². The van der Waals surface area contributed by atoms with E-state index in [1.54, 1.807) is 7.11 Å². The maximum atomic E-state index is 5.41. The summed E-state index contributed by atoms with van der Waals surface area (Å²) in [6.07, 6.45) is 2.91. The minimum Gasteiger partial charge on any atom is -0.493 e. The fourth-order valence-electron chi connectivity index (χ4n) is 1.98. The Balaban J connectivity index is 2.11. The molecule has 0 bridgehead atoms. The molecule has 1 aliphatic rings. The second-order valence-electron chi connectivity index (χ2n) is 4.35. The van der Waals surface area contributed by atoms with E-state index in [1.807, 2.05) is 18.2 Å². The Morgan fingerprint density at radius 1 is 1.44 bits per heavy atom. The highest BCUT2D eigenvalue weighted by molar-refractivity contribution is 5.55. The van der Waals surface area contributed by atoms with Gasteiger partial charge in [0.25, 0.3) is 0 Å². The summed E-state index contributed by atoms with van der Waals surface area (Å²) in [7, 11) is 3.73. The lowest BCUT2D eigenvalue weighted by molar-refractivity contribution is 0.171. The molecule has 4 heteroatoms. The van der Waals surface area contributed by atoms with E-state index < -0.39 is 0 Å². The monoisotopic (exact) mass is 249 g/mol. The minimum atomic E-state index is 0.265. The molecule has 0 saturated heterocycles. The van der Waals surface area contributed by atoms with Crippen LogP contribution in [0.1, 0.15) is 12.0 Å². The Bertz CT molecular complexity index is 431. The molecular formula is C14H19NO3. The van der Waals surface area contributed by atoms with Crippen LogP contribution in [0.25, 0.3) is 0 Å². The van der Waals surface area contributed by atoms with Crippen LogP contribution < -0.4 is 14.2 Å². The lowest BCUT2D eigenvalue weighted by Crippen LogP contribution is -2.18. The van der Waals surface area contributed by atoms with Crippen molar-refractivity contribution in [3.05, 3.63) is 30.4 Å². The fraction of sp³-hybridized carbons (Fsp3) is 0.429. The lowest BCUT2D eigenvalue weighted by Gasteiger charge is -2.16. The van der Waals surface area contributed by atoms with Gasteiger partial charge in [0, 0.05) is 13.1 Å². The standard InChI is InChI=1S/C14H19NO3/c1-4-5-6-15(2)9-11-7-12(16-3)14-13(8-11)17-10-18-14/h4,7-8H,1,5-6,9-10H2,2-3H3. The van der Waals surface area contributed by atoms with E-state index in [9.17, 15) is 0 Å². The Labute approximate surface area is 108 Å². The molecule has 0 spiro atoms. The zero-order chi connectivity index (χ0) is 13.0. The topological polar surface area (TPSA) is 30.9 Å². The van der Waals surface area contributed by atoms with Crippen molar-refractivity contribution in [3.63, 3.8) is 0 Å². The average molecular weight is 249 g/mol. The molecule has 0 fully saturated rings. The third-order valence-corrected chi connectivity index (χ3v) is 2.89. The summed E-state index contributed by atoms with van der Waals surface area (Å²) in [5, 5.41) is 0. The van der Waals surface area contributed by atoms with Crippen LogP contribution in [-0.4, -0.2) is 32.4 Å². The molecule has 0 saturated carbocycles. The van der Waals surface area contributed by atoms with Crippen LogP contribution in [0.15, 0.2) is 24.8 Å². The van der Waals surface area contributed by atoms with E-state index in [0.29, 0.717) is 5.75 Å². The Hall–Kier alpha value is -1.68. The summed E-state index contributed by atoms with van der Waals surface area (Å²) < 4.78 is 16.1. The van der Waals surface area contributed by atoms with Crippen molar-refractivity contribution in [1.29, 1.82) is 0 Å². The third-order valence-electron chi connectivity index (χ3n) is 2.89. The highest BCUT2D eigenvalue weighted by Crippen LogP contribution is 2.41. The van der Waals surface area contributed by atoms with Crippen molar-refractivity contribution in [2.45, 2.75) is 13.0 Å². The van der Waals surface area contributed by atoms with Crippen molar-refractivity contribution in [1.82, 2.24) is 4.90 Å². The van der Waals surface area contributed by atoms with Gasteiger partial charge in [-0.05, 0) is 31.2 Å². The van der Waals surface area contributed by atoms with Crippen LogP contribution in [-0.2, 0) is 6.54 Å². The molecule has 0 atom stereocenters. The Kier molecular flexibility index (Phi) is 4.10. The number of methoxy groups -OCH3 is 1. The van der Waals surface area contributed by atoms with Gasteiger partial charge >= 0.3 is 0 Å². The predicted molar refractivity (Wildman–Crippen MR) is 70.3 cm³/mol. The SMILES string of the molecule is C=CCCN(C)Cc1cc(OC)c2c(c1)OCO2. The molecule has 1 aromatic carbocycles. The third kappa shape index (κ3) is 2.76. The normalized spacial score (nSPS) is 12.8. The van der Waals surface area contributed by atoms with Gasteiger partial charge in [0.15, 0.2) is 11.5 Å². The van der Waals surface area contributed by atoms with Gasteiger partial charge in [0.05, 0.1) is 7.11 Å². The zero-order valence-corrected chi connectivity index (χ0v) is 10.9. The van der Waals surface area contributed by atoms with Crippen LogP contribution in [0.2, 0.25) is 0 Å². The summed E-state index contributed by atoms with van der Waals surface area (Å²) >= 11 is 0. The van der Waals surface area contributed by atoms with Crippen molar-refractivity contribution >= 4 is 0 Å². The first-order valence-corrected chi connectivity index (χ1v) is 6.00. The van der Waals surface area contributed by atoms with Crippen molar-refractivity contribution in [2.24, 2.45) is 0 Å². The van der Waals surface area contributed by atoms with Gasteiger partial charge in [-0.25, -0.2) is 0 Å². The first-order chi connectivity index (χ1) is 8.74. The van der Waals surface area contributed by atoms with Gasteiger partial charge in [-0.2, -0.15) is 0 Å². The first kappa shape index (κ1) is 12.8. The molecule has 2 rings (SSSR count). The van der Waals surface area contributed by atoms with Crippen LogP contribution in [0.3, 0.4) is 0 Å². The van der Waals surface area contributed by atoms with Gasteiger partial charge in [0.1, 0.15) is 0 Å². The van der Waals surface area contributed by atoms with Gasteiger partial charge in [-0.3, -0.25) is 0 Å². The second-order valence-corrected chi connectivity index (χ2v) is 4.35.